The highest BCUT2D eigenvalue weighted by Crippen LogP contribution is 2.19. The fourth-order valence-electron chi connectivity index (χ4n) is 3.95. The van der Waals surface area contributed by atoms with E-state index >= 15 is 0 Å². The Morgan fingerprint density at radius 2 is 1.73 bits per heavy atom. The Balaban J connectivity index is 1.76. The van der Waals surface area contributed by atoms with Crippen molar-refractivity contribution >= 4 is 11.8 Å². The summed E-state index contributed by atoms with van der Waals surface area (Å²) in [4.78, 5) is 27.7. The Kier molecular flexibility index (Phi) is 7.61. The molecule has 0 radical (unpaired) electrons. The first-order valence-electron chi connectivity index (χ1n) is 10.8. The lowest BCUT2D eigenvalue weighted by atomic mass is 9.95. The van der Waals surface area contributed by atoms with Crippen LogP contribution in [0.5, 0.6) is 0 Å². The van der Waals surface area contributed by atoms with Crippen molar-refractivity contribution in [2.75, 3.05) is 0 Å². The molecule has 4 nitrogen and oxygen atoms in total. The van der Waals surface area contributed by atoms with Crippen LogP contribution < -0.4 is 5.32 Å². The second-order valence-electron chi connectivity index (χ2n) is 8.29. The molecule has 2 amide bonds. The van der Waals surface area contributed by atoms with Gasteiger partial charge < -0.3 is 10.2 Å². The highest BCUT2D eigenvalue weighted by molar-refractivity contribution is 5.88. The van der Waals surface area contributed by atoms with Crippen molar-refractivity contribution in [1.29, 1.82) is 0 Å². The maximum absolute atomic E-state index is 14.1. The Hall–Kier alpha value is -2.69. The van der Waals surface area contributed by atoms with Gasteiger partial charge in [-0.2, -0.15) is 0 Å². The van der Waals surface area contributed by atoms with Crippen molar-refractivity contribution < 1.29 is 14.0 Å². The molecule has 0 aliphatic heterocycles. The number of nitrogens with zero attached hydrogens (tertiary/aromatic N) is 1. The summed E-state index contributed by atoms with van der Waals surface area (Å²) in [6.45, 7) is 4.07. The molecular formula is C25H31FN2O2. The van der Waals surface area contributed by atoms with E-state index < -0.39 is 11.9 Å². The molecule has 3 rings (SSSR count). The van der Waals surface area contributed by atoms with Crippen LogP contribution in [0.15, 0.2) is 48.5 Å². The van der Waals surface area contributed by atoms with Gasteiger partial charge in [0.2, 0.25) is 11.8 Å². The van der Waals surface area contributed by atoms with E-state index in [1.165, 1.54) is 12.5 Å². The molecule has 0 aromatic heterocycles. The van der Waals surface area contributed by atoms with E-state index in [-0.39, 0.29) is 24.3 Å². The Bertz CT molecular complexity index is 860. The van der Waals surface area contributed by atoms with Gasteiger partial charge in [-0.1, -0.05) is 67.3 Å². The fraction of sp³-hybridized carbons (Fsp3) is 0.440. The molecule has 0 heterocycles. The average Bonchev–Trinajstić information content (AvgIpc) is 2.75. The van der Waals surface area contributed by atoms with Gasteiger partial charge >= 0.3 is 0 Å². The third kappa shape index (κ3) is 5.91. The van der Waals surface area contributed by atoms with Crippen LogP contribution in [0.3, 0.4) is 0 Å². The van der Waals surface area contributed by atoms with Gasteiger partial charge in [0.05, 0.1) is 6.42 Å². The van der Waals surface area contributed by atoms with Crippen molar-refractivity contribution in [3.63, 3.8) is 0 Å². The van der Waals surface area contributed by atoms with Crippen molar-refractivity contribution in [3.8, 4) is 0 Å². The number of aryl methyl sites for hydroxylation is 1. The van der Waals surface area contributed by atoms with Crippen LogP contribution in [-0.4, -0.2) is 28.8 Å². The quantitative estimate of drug-likeness (QED) is 0.728. The summed E-state index contributed by atoms with van der Waals surface area (Å²) in [7, 11) is 0. The highest BCUT2D eigenvalue weighted by atomic mass is 19.1. The van der Waals surface area contributed by atoms with E-state index in [1.54, 1.807) is 30.0 Å². The third-order valence-electron chi connectivity index (χ3n) is 5.89. The van der Waals surface area contributed by atoms with Crippen LogP contribution in [-0.2, 0) is 22.6 Å². The minimum absolute atomic E-state index is 0.0699. The maximum Gasteiger partial charge on any atom is 0.242 e. The summed E-state index contributed by atoms with van der Waals surface area (Å²) in [6.07, 6.45) is 5.36. The molecule has 1 aliphatic carbocycles. The van der Waals surface area contributed by atoms with Crippen molar-refractivity contribution in [3.05, 3.63) is 71.0 Å². The number of hydrogen-bond acceptors (Lipinski definition) is 2. The van der Waals surface area contributed by atoms with Gasteiger partial charge in [-0.3, -0.25) is 9.59 Å². The van der Waals surface area contributed by atoms with Crippen LogP contribution in [0.1, 0.15) is 55.7 Å². The summed E-state index contributed by atoms with van der Waals surface area (Å²) in [5, 5.41) is 3.12. The number of rotatable bonds is 7. The first-order chi connectivity index (χ1) is 14.4. The van der Waals surface area contributed by atoms with Crippen LogP contribution >= 0.6 is 0 Å². The summed E-state index contributed by atoms with van der Waals surface area (Å²) in [5.74, 6) is -0.802. The van der Waals surface area contributed by atoms with E-state index in [0.717, 1.165) is 36.8 Å². The summed E-state index contributed by atoms with van der Waals surface area (Å²) in [5.41, 5.74) is 2.42. The number of benzene rings is 2. The van der Waals surface area contributed by atoms with E-state index in [0.29, 0.717) is 12.1 Å². The SMILES string of the molecule is Cc1ccc(CN(C(=O)Cc2ccccc2F)C(C)C(=O)NC2CCCCC2)cc1. The van der Waals surface area contributed by atoms with Crippen molar-refractivity contribution in [2.24, 2.45) is 0 Å². The Morgan fingerprint density at radius 1 is 1.07 bits per heavy atom. The van der Waals surface area contributed by atoms with Gasteiger partial charge in [0, 0.05) is 12.6 Å². The normalized spacial score (nSPS) is 15.4. The highest BCUT2D eigenvalue weighted by Gasteiger charge is 2.28. The number of halogens is 1. The summed E-state index contributed by atoms with van der Waals surface area (Å²) < 4.78 is 14.1. The molecule has 1 unspecified atom stereocenters. The van der Waals surface area contributed by atoms with Crippen LogP contribution in [0.25, 0.3) is 0 Å². The molecule has 5 heteroatoms. The molecule has 0 bridgehead atoms. The van der Waals surface area contributed by atoms with Crippen LogP contribution in [0.4, 0.5) is 4.39 Å². The lowest BCUT2D eigenvalue weighted by Gasteiger charge is -2.31. The molecule has 2 aromatic rings. The Morgan fingerprint density at radius 3 is 2.40 bits per heavy atom. The second-order valence-corrected chi connectivity index (χ2v) is 8.29. The number of amides is 2. The second kappa shape index (κ2) is 10.4. The minimum atomic E-state index is -0.632. The zero-order valence-corrected chi connectivity index (χ0v) is 17.9. The predicted octanol–water partition coefficient (Wildman–Crippen LogP) is 4.54. The van der Waals surface area contributed by atoms with Gasteiger partial charge in [-0.25, -0.2) is 4.39 Å². The molecule has 0 spiro atoms. The van der Waals surface area contributed by atoms with E-state index in [9.17, 15) is 14.0 Å². The fourth-order valence-corrected chi connectivity index (χ4v) is 3.95. The molecule has 30 heavy (non-hydrogen) atoms. The number of hydrogen-bond donors (Lipinski definition) is 1. The van der Waals surface area contributed by atoms with Crippen LogP contribution in [0, 0.1) is 12.7 Å². The topological polar surface area (TPSA) is 49.4 Å². The van der Waals surface area contributed by atoms with Gasteiger partial charge in [0.15, 0.2) is 0 Å². The predicted molar refractivity (Wildman–Crippen MR) is 116 cm³/mol. The largest absolute Gasteiger partial charge is 0.352 e. The van der Waals surface area contributed by atoms with E-state index in [2.05, 4.69) is 5.32 Å². The molecule has 1 aliphatic rings. The molecule has 1 saturated carbocycles. The van der Waals surface area contributed by atoms with Gasteiger partial charge in [-0.05, 0) is 43.9 Å². The lowest BCUT2D eigenvalue weighted by molar-refractivity contribution is -0.140. The summed E-state index contributed by atoms with van der Waals surface area (Å²) in [6, 6.07) is 13.7. The third-order valence-corrected chi connectivity index (χ3v) is 5.89. The van der Waals surface area contributed by atoms with Gasteiger partial charge in [0.1, 0.15) is 11.9 Å². The standard InChI is InChI=1S/C25H31FN2O2/c1-18-12-14-20(15-13-18)17-28(24(29)16-21-8-6-7-11-23(21)26)19(2)25(30)27-22-9-4-3-5-10-22/h6-8,11-15,19,22H,3-5,9-10,16-17H2,1-2H3,(H,27,30). The van der Waals surface area contributed by atoms with E-state index in [4.69, 9.17) is 0 Å². The molecular weight excluding hydrogens is 379 g/mol. The molecule has 1 atom stereocenters. The van der Waals surface area contributed by atoms with Crippen molar-refractivity contribution in [2.45, 2.75) is 71.0 Å². The minimum Gasteiger partial charge on any atom is -0.352 e. The molecule has 1 fully saturated rings. The zero-order valence-electron chi connectivity index (χ0n) is 17.9. The monoisotopic (exact) mass is 410 g/mol. The number of carbonyl (C=O) groups is 2. The zero-order chi connectivity index (χ0) is 21.5. The maximum atomic E-state index is 14.1. The lowest BCUT2D eigenvalue weighted by Crippen LogP contribution is -2.50. The van der Waals surface area contributed by atoms with Crippen molar-refractivity contribution in [1.82, 2.24) is 10.2 Å². The molecule has 160 valence electrons. The van der Waals surface area contributed by atoms with Gasteiger partial charge in [-0.15, -0.1) is 0 Å². The van der Waals surface area contributed by atoms with Crippen LogP contribution in [0.2, 0.25) is 0 Å². The summed E-state index contributed by atoms with van der Waals surface area (Å²) >= 11 is 0. The number of nitrogens with one attached hydrogen (secondary N) is 1. The smallest absolute Gasteiger partial charge is 0.242 e. The van der Waals surface area contributed by atoms with Gasteiger partial charge in [0.25, 0.3) is 0 Å². The Labute approximate surface area is 178 Å². The van der Waals surface area contributed by atoms with E-state index in [1.807, 2.05) is 31.2 Å². The first kappa shape index (κ1) is 22.0. The average molecular weight is 411 g/mol. The molecule has 2 aromatic carbocycles. The first-order valence-corrected chi connectivity index (χ1v) is 10.8. The molecule has 1 N–H and O–H groups in total. The number of carbonyl (C=O) groups excluding carboxylic acids is 2. The molecule has 0 saturated heterocycles.